The normalized spacial score (nSPS) is 17.3. The van der Waals surface area contributed by atoms with Crippen molar-refractivity contribution in [3.63, 3.8) is 0 Å². The number of benzene rings is 1. The third kappa shape index (κ3) is 4.04. The molecule has 112 valence electrons. The third-order valence-corrected chi connectivity index (χ3v) is 6.23. The highest BCUT2D eigenvalue weighted by Crippen LogP contribution is 2.25. The summed E-state index contributed by atoms with van der Waals surface area (Å²) >= 11 is 3.30. The zero-order chi connectivity index (χ0) is 14.6. The number of hydrogen-bond acceptors (Lipinski definition) is 3. The van der Waals surface area contributed by atoms with E-state index in [0.717, 1.165) is 18.4 Å². The minimum absolute atomic E-state index is 0.274. The van der Waals surface area contributed by atoms with Crippen molar-refractivity contribution in [1.29, 1.82) is 0 Å². The number of hydrogen-bond donors (Lipinski definition) is 2. The van der Waals surface area contributed by atoms with Gasteiger partial charge in [-0.05, 0) is 52.4 Å². The Morgan fingerprint density at radius 1 is 1.25 bits per heavy atom. The van der Waals surface area contributed by atoms with Gasteiger partial charge in [-0.25, -0.2) is 13.1 Å². The van der Waals surface area contributed by atoms with Crippen LogP contribution in [0.4, 0.5) is 0 Å². The molecule has 1 aliphatic rings. The highest BCUT2D eigenvalue weighted by atomic mass is 79.9. The number of nitrogens with two attached hydrogens (primary N) is 1. The Balaban J connectivity index is 2.09. The molecule has 0 amide bonds. The summed E-state index contributed by atoms with van der Waals surface area (Å²) in [6, 6.07) is 5.19. The van der Waals surface area contributed by atoms with Crippen molar-refractivity contribution in [1.82, 2.24) is 4.72 Å². The molecule has 0 bridgehead atoms. The van der Waals surface area contributed by atoms with Crippen LogP contribution in [0, 0.1) is 5.92 Å². The van der Waals surface area contributed by atoms with Gasteiger partial charge in [0.25, 0.3) is 0 Å². The maximum atomic E-state index is 12.4. The smallest absolute Gasteiger partial charge is 0.241 e. The quantitative estimate of drug-likeness (QED) is 0.847. The first-order valence-corrected chi connectivity index (χ1v) is 9.28. The van der Waals surface area contributed by atoms with E-state index in [1.54, 1.807) is 12.1 Å². The van der Waals surface area contributed by atoms with Crippen LogP contribution in [-0.2, 0) is 16.6 Å². The molecule has 3 N–H and O–H groups in total. The zero-order valence-electron chi connectivity index (χ0n) is 11.4. The standard InChI is InChI=1S/C14H21BrN2O2S/c15-13-7-6-12(9-16)8-14(13)20(18,19)17-10-11-4-2-1-3-5-11/h6-8,11,17H,1-5,9-10,16H2. The first-order chi connectivity index (χ1) is 9.53. The van der Waals surface area contributed by atoms with Crippen molar-refractivity contribution in [2.45, 2.75) is 43.5 Å². The van der Waals surface area contributed by atoms with Crippen LogP contribution in [0.15, 0.2) is 27.6 Å². The van der Waals surface area contributed by atoms with Gasteiger partial charge < -0.3 is 5.73 Å². The Labute approximate surface area is 129 Å². The molecule has 0 aromatic heterocycles. The monoisotopic (exact) mass is 360 g/mol. The van der Waals surface area contributed by atoms with Gasteiger partial charge in [-0.1, -0.05) is 25.3 Å². The Hall–Kier alpha value is -0.430. The Morgan fingerprint density at radius 3 is 2.60 bits per heavy atom. The number of rotatable bonds is 5. The molecule has 2 rings (SSSR count). The van der Waals surface area contributed by atoms with E-state index in [-0.39, 0.29) is 4.90 Å². The van der Waals surface area contributed by atoms with Crippen molar-refractivity contribution in [3.8, 4) is 0 Å². The molecule has 0 aliphatic heterocycles. The fourth-order valence-corrected chi connectivity index (χ4v) is 4.71. The predicted octanol–water partition coefficient (Wildman–Crippen LogP) is 2.77. The third-order valence-electron chi connectivity index (χ3n) is 3.81. The van der Waals surface area contributed by atoms with Crippen molar-refractivity contribution in [2.24, 2.45) is 11.7 Å². The van der Waals surface area contributed by atoms with Crippen molar-refractivity contribution in [2.75, 3.05) is 6.54 Å². The molecule has 1 aromatic rings. The fraction of sp³-hybridized carbons (Fsp3) is 0.571. The average Bonchev–Trinajstić information content (AvgIpc) is 2.47. The van der Waals surface area contributed by atoms with Crippen LogP contribution >= 0.6 is 15.9 Å². The van der Waals surface area contributed by atoms with E-state index in [9.17, 15) is 8.42 Å². The lowest BCUT2D eigenvalue weighted by Gasteiger charge is -2.21. The number of nitrogens with one attached hydrogen (secondary N) is 1. The van der Waals surface area contributed by atoms with Crippen LogP contribution in [0.2, 0.25) is 0 Å². The molecule has 1 aromatic carbocycles. The van der Waals surface area contributed by atoms with Gasteiger partial charge >= 0.3 is 0 Å². The van der Waals surface area contributed by atoms with Crippen LogP contribution in [-0.4, -0.2) is 15.0 Å². The van der Waals surface area contributed by atoms with Crippen LogP contribution < -0.4 is 10.5 Å². The minimum Gasteiger partial charge on any atom is -0.326 e. The SMILES string of the molecule is NCc1ccc(Br)c(S(=O)(=O)NCC2CCCCC2)c1. The van der Waals surface area contributed by atoms with Crippen molar-refractivity contribution in [3.05, 3.63) is 28.2 Å². The van der Waals surface area contributed by atoms with Gasteiger partial charge in [0.2, 0.25) is 10.0 Å². The molecule has 0 saturated heterocycles. The first-order valence-electron chi connectivity index (χ1n) is 7.01. The van der Waals surface area contributed by atoms with Crippen molar-refractivity contribution >= 4 is 26.0 Å². The summed E-state index contributed by atoms with van der Waals surface area (Å²) in [7, 11) is -3.48. The molecule has 1 fully saturated rings. The highest BCUT2D eigenvalue weighted by Gasteiger charge is 2.21. The molecule has 1 saturated carbocycles. The van der Waals surface area contributed by atoms with Gasteiger partial charge in [-0.15, -0.1) is 0 Å². The number of halogens is 1. The molecular weight excluding hydrogens is 340 g/mol. The molecule has 0 heterocycles. The Kier molecular flexibility index (Phi) is 5.60. The summed E-state index contributed by atoms with van der Waals surface area (Å²) < 4.78 is 28.1. The second kappa shape index (κ2) is 7.02. The molecule has 20 heavy (non-hydrogen) atoms. The zero-order valence-corrected chi connectivity index (χ0v) is 13.8. The molecule has 0 spiro atoms. The summed E-state index contributed by atoms with van der Waals surface area (Å²) in [6.45, 7) is 0.861. The van der Waals surface area contributed by atoms with E-state index >= 15 is 0 Å². The van der Waals surface area contributed by atoms with Gasteiger partial charge in [0.15, 0.2) is 0 Å². The summed E-state index contributed by atoms with van der Waals surface area (Å²) in [5.41, 5.74) is 6.38. The maximum Gasteiger partial charge on any atom is 0.241 e. The molecular formula is C14H21BrN2O2S. The largest absolute Gasteiger partial charge is 0.326 e. The average molecular weight is 361 g/mol. The van der Waals surface area contributed by atoms with Gasteiger partial charge in [-0.2, -0.15) is 0 Å². The molecule has 0 radical (unpaired) electrons. The minimum atomic E-state index is -3.48. The molecule has 4 nitrogen and oxygen atoms in total. The Bertz CT molecular complexity index is 554. The lowest BCUT2D eigenvalue weighted by Crippen LogP contribution is -2.30. The first kappa shape index (κ1) is 15.9. The predicted molar refractivity (Wildman–Crippen MR) is 83.8 cm³/mol. The summed E-state index contributed by atoms with van der Waals surface area (Å²) in [6.07, 6.45) is 5.92. The number of sulfonamides is 1. The van der Waals surface area contributed by atoms with E-state index in [4.69, 9.17) is 5.73 Å². The van der Waals surface area contributed by atoms with Gasteiger partial charge in [0.05, 0.1) is 4.90 Å². The van der Waals surface area contributed by atoms with Crippen LogP contribution in [0.1, 0.15) is 37.7 Å². The molecule has 0 unspecified atom stereocenters. The lowest BCUT2D eigenvalue weighted by atomic mass is 9.90. The van der Waals surface area contributed by atoms with Gasteiger partial charge in [0, 0.05) is 17.6 Å². The van der Waals surface area contributed by atoms with Crippen LogP contribution in [0.25, 0.3) is 0 Å². The summed E-state index contributed by atoms with van der Waals surface area (Å²) in [4.78, 5) is 0.274. The van der Waals surface area contributed by atoms with Gasteiger partial charge in [-0.3, -0.25) is 0 Å². The maximum absolute atomic E-state index is 12.4. The van der Waals surface area contributed by atoms with Gasteiger partial charge in [0.1, 0.15) is 0 Å². The summed E-state index contributed by atoms with van der Waals surface area (Å²) in [5, 5.41) is 0. The molecule has 6 heteroatoms. The lowest BCUT2D eigenvalue weighted by molar-refractivity contribution is 0.357. The van der Waals surface area contributed by atoms with Crippen LogP contribution in [0.5, 0.6) is 0 Å². The Morgan fingerprint density at radius 2 is 1.95 bits per heavy atom. The summed E-state index contributed by atoms with van der Waals surface area (Å²) in [5.74, 6) is 0.468. The van der Waals surface area contributed by atoms with E-state index in [1.165, 1.54) is 19.3 Å². The molecule has 0 atom stereocenters. The fourth-order valence-electron chi connectivity index (χ4n) is 2.58. The van der Waals surface area contributed by atoms with E-state index < -0.39 is 10.0 Å². The second-order valence-electron chi connectivity index (χ2n) is 5.32. The second-order valence-corrected chi connectivity index (χ2v) is 7.91. The highest BCUT2D eigenvalue weighted by molar-refractivity contribution is 9.10. The van der Waals surface area contributed by atoms with Crippen LogP contribution in [0.3, 0.4) is 0 Å². The topological polar surface area (TPSA) is 72.2 Å². The van der Waals surface area contributed by atoms with E-state index in [0.29, 0.717) is 23.5 Å². The van der Waals surface area contributed by atoms with Crippen molar-refractivity contribution < 1.29 is 8.42 Å². The van der Waals surface area contributed by atoms with E-state index in [1.807, 2.05) is 6.07 Å². The molecule has 1 aliphatic carbocycles. The van der Waals surface area contributed by atoms with E-state index in [2.05, 4.69) is 20.7 Å².